The molecular weight excluding hydrogens is 528 g/mol. The molecule has 0 atom stereocenters. The fourth-order valence-corrected chi connectivity index (χ4v) is 3.03. The second kappa shape index (κ2) is 14.5. The number of ether oxygens (including phenoxy) is 2. The van der Waals surface area contributed by atoms with Crippen molar-refractivity contribution in [2.75, 3.05) is 39.5 Å². The maximum absolute atomic E-state index is 13.9. The monoisotopic (exact) mass is 557 g/mol. The molecule has 0 unspecified atom stereocenters. The molecule has 1 aliphatic heterocycles. The quantitative estimate of drug-likeness (QED) is 0.208. The lowest BCUT2D eigenvalue weighted by atomic mass is 10.0. The van der Waals surface area contributed by atoms with Crippen LogP contribution in [0.5, 0.6) is 0 Å². The zero-order valence-corrected chi connectivity index (χ0v) is 19.7. The van der Waals surface area contributed by atoms with Crippen LogP contribution in [0.1, 0.15) is 31.7 Å². The summed E-state index contributed by atoms with van der Waals surface area (Å²) in [6.07, 6.45) is 3.10. The summed E-state index contributed by atoms with van der Waals surface area (Å²) in [5.74, 6) is 1.08. The normalized spacial score (nSPS) is 15.3. The van der Waals surface area contributed by atoms with E-state index >= 15 is 0 Å². The summed E-state index contributed by atoms with van der Waals surface area (Å²) in [5, 5.41) is 6.45. The van der Waals surface area contributed by atoms with E-state index in [2.05, 4.69) is 31.6 Å². The van der Waals surface area contributed by atoms with Gasteiger partial charge in [-0.05, 0) is 44.2 Å². The van der Waals surface area contributed by atoms with Crippen molar-refractivity contribution >= 4 is 45.9 Å². The van der Waals surface area contributed by atoms with Gasteiger partial charge in [-0.2, -0.15) is 0 Å². The van der Waals surface area contributed by atoms with Gasteiger partial charge < -0.3 is 20.1 Å². The molecule has 1 aromatic carbocycles. The number of hydrogen-bond donors (Lipinski definition) is 2. The highest BCUT2D eigenvalue weighted by Gasteiger charge is 2.13. The highest BCUT2D eigenvalue weighted by atomic mass is 127. The molecule has 0 aliphatic carbocycles. The van der Waals surface area contributed by atoms with Gasteiger partial charge >= 0.3 is 0 Å². The molecule has 27 heavy (non-hydrogen) atoms. The first kappa shape index (κ1) is 24.6. The van der Waals surface area contributed by atoms with Crippen LogP contribution in [-0.2, 0) is 16.0 Å². The largest absolute Gasteiger partial charge is 0.381 e. The number of hydrogen-bond acceptors (Lipinski definition) is 3. The lowest BCUT2D eigenvalue weighted by molar-refractivity contribution is 0.0203. The van der Waals surface area contributed by atoms with E-state index in [-0.39, 0.29) is 29.8 Å². The van der Waals surface area contributed by atoms with Crippen molar-refractivity contribution in [3.8, 4) is 0 Å². The molecule has 154 valence electrons. The van der Waals surface area contributed by atoms with Crippen LogP contribution in [0.25, 0.3) is 0 Å². The zero-order chi connectivity index (χ0) is 18.6. The van der Waals surface area contributed by atoms with Crippen LogP contribution in [-0.4, -0.2) is 45.5 Å². The van der Waals surface area contributed by atoms with Crippen LogP contribution < -0.4 is 10.6 Å². The molecule has 0 amide bonds. The van der Waals surface area contributed by atoms with E-state index in [1.807, 2.05) is 13.0 Å². The topological polar surface area (TPSA) is 54.9 Å². The van der Waals surface area contributed by atoms with Crippen molar-refractivity contribution in [1.29, 1.82) is 0 Å². The minimum absolute atomic E-state index is 0. The molecule has 2 N–H and O–H groups in total. The van der Waals surface area contributed by atoms with Crippen LogP contribution in [0.2, 0.25) is 0 Å². The lowest BCUT2D eigenvalue weighted by Crippen LogP contribution is -2.38. The molecule has 1 fully saturated rings. The molecule has 1 saturated heterocycles. The van der Waals surface area contributed by atoms with E-state index < -0.39 is 0 Å². The Morgan fingerprint density at radius 2 is 2.11 bits per heavy atom. The number of benzene rings is 1. The first-order valence-electron chi connectivity index (χ1n) is 9.30. The first-order valence-corrected chi connectivity index (χ1v) is 10.1. The molecule has 0 spiro atoms. The predicted molar refractivity (Wildman–Crippen MR) is 121 cm³/mol. The maximum atomic E-state index is 13.9. The number of nitrogens with zero attached hydrogens (tertiary/aromatic N) is 1. The van der Waals surface area contributed by atoms with Crippen molar-refractivity contribution in [2.45, 2.75) is 32.7 Å². The lowest BCUT2D eigenvalue weighted by Gasteiger charge is -2.21. The van der Waals surface area contributed by atoms with Crippen LogP contribution in [0, 0.1) is 11.7 Å². The minimum Gasteiger partial charge on any atom is -0.381 e. The van der Waals surface area contributed by atoms with Crippen molar-refractivity contribution in [3.05, 3.63) is 34.1 Å². The van der Waals surface area contributed by atoms with E-state index in [4.69, 9.17) is 9.47 Å². The van der Waals surface area contributed by atoms with E-state index in [0.29, 0.717) is 24.0 Å². The molecule has 1 aromatic rings. The summed E-state index contributed by atoms with van der Waals surface area (Å²) in [4.78, 5) is 4.45. The molecule has 0 bridgehead atoms. The maximum Gasteiger partial charge on any atom is 0.191 e. The minimum atomic E-state index is -0.250. The fourth-order valence-electron chi connectivity index (χ4n) is 2.70. The second-order valence-electron chi connectivity index (χ2n) is 6.34. The summed E-state index contributed by atoms with van der Waals surface area (Å²) >= 11 is 3.26. The number of halogens is 3. The standard InChI is InChI=1S/C19H29BrFN3O2.HI/c1-2-22-19(24-13-16-4-5-17(20)12-18(16)21)23-8-3-9-26-14-15-6-10-25-11-7-15;/h4-5,12,15H,2-3,6-11,13-14H2,1H3,(H2,22,23,24);1H. The Hall–Kier alpha value is -0.450. The smallest absolute Gasteiger partial charge is 0.191 e. The van der Waals surface area contributed by atoms with Gasteiger partial charge in [-0.1, -0.05) is 22.0 Å². The molecule has 1 aliphatic rings. The van der Waals surface area contributed by atoms with Crippen LogP contribution in [0.15, 0.2) is 27.7 Å². The van der Waals surface area contributed by atoms with Gasteiger partial charge in [0.2, 0.25) is 0 Å². The predicted octanol–water partition coefficient (Wildman–Crippen LogP) is 4.09. The van der Waals surface area contributed by atoms with Gasteiger partial charge in [0.05, 0.1) is 6.54 Å². The number of rotatable bonds is 9. The van der Waals surface area contributed by atoms with Gasteiger partial charge in [-0.3, -0.25) is 0 Å². The first-order chi connectivity index (χ1) is 12.7. The highest BCUT2D eigenvalue weighted by Crippen LogP contribution is 2.16. The summed E-state index contributed by atoms with van der Waals surface area (Å²) in [5.41, 5.74) is 0.574. The SMILES string of the molecule is CCNC(=NCc1ccc(Br)cc1F)NCCCOCC1CCOCC1.I. The molecule has 0 radical (unpaired) electrons. The van der Waals surface area contributed by atoms with Gasteiger partial charge in [-0.25, -0.2) is 9.38 Å². The summed E-state index contributed by atoms with van der Waals surface area (Å²) in [6.45, 7) is 7.10. The number of aliphatic imine (C=N–C) groups is 1. The Morgan fingerprint density at radius 1 is 1.33 bits per heavy atom. The Kier molecular flexibility index (Phi) is 13.2. The molecule has 8 heteroatoms. The third-order valence-corrected chi connectivity index (χ3v) is 4.71. The average molecular weight is 558 g/mol. The highest BCUT2D eigenvalue weighted by molar-refractivity contribution is 14.0. The zero-order valence-electron chi connectivity index (χ0n) is 15.8. The van der Waals surface area contributed by atoms with Crippen LogP contribution in [0.3, 0.4) is 0 Å². The van der Waals surface area contributed by atoms with Crippen LogP contribution >= 0.6 is 39.9 Å². The molecule has 2 rings (SSSR count). The third-order valence-electron chi connectivity index (χ3n) is 4.22. The van der Waals surface area contributed by atoms with Crippen molar-refractivity contribution in [3.63, 3.8) is 0 Å². The van der Waals surface area contributed by atoms with Gasteiger partial charge in [0, 0.05) is 49.6 Å². The van der Waals surface area contributed by atoms with Gasteiger partial charge in [-0.15, -0.1) is 24.0 Å². The average Bonchev–Trinajstić information content (AvgIpc) is 2.64. The second-order valence-corrected chi connectivity index (χ2v) is 7.26. The fraction of sp³-hybridized carbons (Fsp3) is 0.632. The number of nitrogens with one attached hydrogen (secondary N) is 2. The van der Waals surface area contributed by atoms with E-state index in [1.54, 1.807) is 6.07 Å². The molecule has 0 aromatic heterocycles. The molecular formula is C19H30BrFIN3O2. The van der Waals surface area contributed by atoms with E-state index in [9.17, 15) is 4.39 Å². The summed E-state index contributed by atoms with van der Waals surface area (Å²) in [6, 6.07) is 5.03. The van der Waals surface area contributed by atoms with E-state index in [0.717, 1.165) is 63.3 Å². The Labute approximate surface area is 187 Å². The van der Waals surface area contributed by atoms with Crippen molar-refractivity contribution in [1.82, 2.24) is 10.6 Å². The molecule has 0 saturated carbocycles. The van der Waals surface area contributed by atoms with E-state index in [1.165, 1.54) is 6.07 Å². The van der Waals surface area contributed by atoms with Gasteiger partial charge in [0.25, 0.3) is 0 Å². The third kappa shape index (κ3) is 10.0. The van der Waals surface area contributed by atoms with Crippen LogP contribution in [0.4, 0.5) is 4.39 Å². The van der Waals surface area contributed by atoms with Gasteiger partial charge in [0.1, 0.15) is 5.82 Å². The molecule has 5 nitrogen and oxygen atoms in total. The number of guanidine groups is 1. The summed E-state index contributed by atoms with van der Waals surface area (Å²) < 4.78 is 25.7. The molecule has 1 heterocycles. The Balaban J connectivity index is 0.00000364. The summed E-state index contributed by atoms with van der Waals surface area (Å²) in [7, 11) is 0. The van der Waals surface area contributed by atoms with Gasteiger partial charge in [0.15, 0.2) is 5.96 Å². The van der Waals surface area contributed by atoms with Crippen molar-refractivity contribution in [2.24, 2.45) is 10.9 Å². The van der Waals surface area contributed by atoms with Crippen molar-refractivity contribution < 1.29 is 13.9 Å². The Morgan fingerprint density at radius 3 is 2.81 bits per heavy atom. The Bertz CT molecular complexity index is 572.